The van der Waals surface area contributed by atoms with E-state index in [4.69, 9.17) is 0 Å². The van der Waals surface area contributed by atoms with E-state index in [-0.39, 0.29) is 5.82 Å². The Balaban J connectivity index is 3.33. The summed E-state index contributed by atoms with van der Waals surface area (Å²) in [5.41, 5.74) is 2.26. The van der Waals surface area contributed by atoms with E-state index in [9.17, 15) is 9.50 Å². The molecule has 12 heavy (non-hydrogen) atoms. The van der Waals surface area contributed by atoms with Crippen LogP contribution in [0, 0.1) is 19.7 Å². The first-order valence-electron chi connectivity index (χ1n) is 3.97. The smallest absolute Gasteiger partial charge is 0.129 e. The monoisotopic (exact) mass is 168 g/mol. The lowest BCUT2D eigenvalue weighted by Crippen LogP contribution is -2.00. The summed E-state index contributed by atoms with van der Waals surface area (Å²) in [7, 11) is 0. The normalized spacial score (nSPS) is 13.1. The van der Waals surface area contributed by atoms with Crippen LogP contribution in [-0.4, -0.2) is 5.11 Å². The first kappa shape index (κ1) is 9.20. The number of aliphatic hydroxyl groups excluding tert-OH is 1. The van der Waals surface area contributed by atoms with E-state index < -0.39 is 6.10 Å². The van der Waals surface area contributed by atoms with E-state index in [1.807, 2.05) is 13.8 Å². The van der Waals surface area contributed by atoms with Gasteiger partial charge in [0.05, 0.1) is 6.10 Å². The average molecular weight is 168 g/mol. The van der Waals surface area contributed by atoms with Gasteiger partial charge < -0.3 is 5.11 Å². The van der Waals surface area contributed by atoms with Crippen LogP contribution in [0.3, 0.4) is 0 Å². The van der Waals surface area contributed by atoms with Crippen LogP contribution >= 0.6 is 0 Å². The molecule has 0 saturated heterocycles. The summed E-state index contributed by atoms with van der Waals surface area (Å²) in [6.45, 7) is 5.30. The van der Waals surface area contributed by atoms with Gasteiger partial charge in [0, 0.05) is 5.56 Å². The van der Waals surface area contributed by atoms with Crippen molar-refractivity contribution >= 4 is 0 Å². The zero-order valence-electron chi connectivity index (χ0n) is 7.56. The number of hydrogen-bond donors (Lipinski definition) is 1. The minimum Gasteiger partial charge on any atom is -0.389 e. The maximum atomic E-state index is 13.1. The Kier molecular flexibility index (Phi) is 2.48. The van der Waals surface area contributed by atoms with E-state index in [0.29, 0.717) is 5.56 Å². The average Bonchev–Trinajstić information content (AvgIpc) is 1.97. The van der Waals surface area contributed by atoms with Gasteiger partial charge in [-0.05, 0) is 38.0 Å². The van der Waals surface area contributed by atoms with Crippen LogP contribution in [-0.2, 0) is 0 Å². The zero-order valence-corrected chi connectivity index (χ0v) is 7.56. The molecule has 66 valence electrons. The van der Waals surface area contributed by atoms with Gasteiger partial charge in [0.1, 0.15) is 5.82 Å². The van der Waals surface area contributed by atoms with Gasteiger partial charge in [-0.25, -0.2) is 4.39 Å². The third-order valence-electron chi connectivity index (χ3n) is 2.15. The van der Waals surface area contributed by atoms with Gasteiger partial charge in [0.15, 0.2) is 0 Å². The van der Waals surface area contributed by atoms with Crippen LogP contribution in [0.4, 0.5) is 4.39 Å². The predicted molar refractivity (Wildman–Crippen MR) is 46.5 cm³/mol. The van der Waals surface area contributed by atoms with Crippen molar-refractivity contribution in [3.05, 3.63) is 34.6 Å². The molecule has 0 aliphatic carbocycles. The van der Waals surface area contributed by atoms with Crippen molar-refractivity contribution in [1.82, 2.24) is 0 Å². The Morgan fingerprint density at radius 1 is 1.33 bits per heavy atom. The maximum absolute atomic E-state index is 13.1. The highest BCUT2D eigenvalue weighted by molar-refractivity contribution is 5.35. The molecule has 1 nitrogen and oxygen atoms in total. The molecule has 0 saturated carbocycles. The van der Waals surface area contributed by atoms with Crippen molar-refractivity contribution in [1.29, 1.82) is 0 Å². The molecule has 1 aromatic carbocycles. The third kappa shape index (κ3) is 1.48. The predicted octanol–water partition coefficient (Wildman–Crippen LogP) is 2.50. The fourth-order valence-electron chi connectivity index (χ4n) is 1.32. The van der Waals surface area contributed by atoms with Crippen LogP contribution < -0.4 is 0 Å². The van der Waals surface area contributed by atoms with Crippen molar-refractivity contribution in [3.8, 4) is 0 Å². The number of benzene rings is 1. The molecule has 2 heteroatoms. The van der Waals surface area contributed by atoms with Gasteiger partial charge in [-0.15, -0.1) is 0 Å². The largest absolute Gasteiger partial charge is 0.389 e. The standard InChI is InChI=1S/C10H13FO/c1-6-4-5-9(11)10(7(6)2)8(3)12/h4-5,8,12H,1-3H3. The molecule has 1 atom stereocenters. The third-order valence-corrected chi connectivity index (χ3v) is 2.15. The molecule has 0 radical (unpaired) electrons. The summed E-state index contributed by atoms with van der Waals surface area (Å²) < 4.78 is 13.1. The summed E-state index contributed by atoms with van der Waals surface area (Å²) >= 11 is 0. The van der Waals surface area contributed by atoms with E-state index in [0.717, 1.165) is 11.1 Å². The van der Waals surface area contributed by atoms with E-state index in [1.54, 1.807) is 13.0 Å². The molecule has 1 aromatic rings. The lowest BCUT2D eigenvalue weighted by molar-refractivity contribution is 0.193. The van der Waals surface area contributed by atoms with Crippen molar-refractivity contribution in [2.24, 2.45) is 0 Å². The zero-order chi connectivity index (χ0) is 9.30. The Hall–Kier alpha value is -0.890. The second-order valence-corrected chi connectivity index (χ2v) is 3.08. The number of aliphatic hydroxyl groups is 1. The molecule has 0 spiro atoms. The molecule has 1 N–H and O–H groups in total. The molecular weight excluding hydrogens is 155 g/mol. The molecule has 0 heterocycles. The van der Waals surface area contributed by atoms with Gasteiger partial charge in [-0.2, -0.15) is 0 Å². The Morgan fingerprint density at radius 3 is 2.33 bits per heavy atom. The minimum absolute atomic E-state index is 0.326. The van der Waals surface area contributed by atoms with Gasteiger partial charge in [-0.1, -0.05) is 6.07 Å². The Labute approximate surface area is 71.9 Å². The molecule has 0 aliphatic heterocycles. The van der Waals surface area contributed by atoms with Gasteiger partial charge >= 0.3 is 0 Å². The summed E-state index contributed by atoms with van der Waals surface area (Å²) in [5, 5.41) is 9.27. The Bertz CT molecular complexity index is 292. The first-order chi connectivity index (χ1) is 5.54. The molecule has 1 unspecified atom stereocenters. The van der Waals surface area contributed by atoms with Gasteiger partial charge in [-0.3, -0.25) is 0 Å². The van der Waals surface area contributed by atoms with E-state index >= 15 is 0 Å². The SMILES string of the molecule is Cc1ccc(F)c(C(C)O)c1C. The van der Waals surface area contributed by atoms with Crippen molar-refractivity contribution in [2.75, 3.05) is 0 Å². The molecule has 0 bridgehead atoms. The molecular formula is C10H13FO. The Morgan fingerprint density at radius 2 is 1.92 bits per heavy atom. The molecule has 1 rings (SSSR count). The highest BCUT2D eigenvalue weighted by Crippen LogP contribution is 2.23. The quantitative estimate of drug-likeness (QED) is 0.683. The first-order valence-corrected chi connectivity index (χ1v) is 3.97. The number of hydrogen-bond acceptors (Lipinski definition) is 1. The summed E-state index contributed by atoms with van der Waals surface area (Å²) in [4.78, 5) is 0. The van der Waals surface area contributed by atoms with Crippen LogP contribution in [0.2, 0.25) is 0 Å². The maximum Gasteiger partial charge on any atom is 0.129 e. The highest BCUT2D eigenvalue weighted by Gasteiger charge is 2.11. The van der Waals surface area contributed by atoms with E-state index in [1.165, 1.54) is 6.07 Å². The van der Waals surface area contributed by atoms with Crippen molar-refractivity contribution in [2.45, 2.75) is 26.9 Å². The van der Waals surface area contributed by atoms with Crippen LogP contribution in [0.25, 0.3) is 0 Å². The summed E-state index contributed by atoms with van der Waals surface area (Å²) in [6, 6.07) is 3.11. The van der Waals surface area contributed by atoms with Crippen LogP contribution in [0.1, 0.15) is 29.7 Å². The van der Waals surface area contributed by atoms with Gasteiger partial charge in [0.25, 0.3) is 0 Å². The molecule has 0 amide bonds. The fraction of sp³-hybridized carbons (Fsp3) is 0.400. The van der Waals surface area contributed by atoms with Crippen LogP contribution in [0.15, 0.2) is 12.1 Å². The van der Waals surface area contributed by atoms with E-state index in [2.05, 4.69) is 0 Å². The molecule has 0 aliphatic rings. The fourth-order valence-corrected chi connectivity index (χ4v) is 1.32. The number of aryl methyl sites for hydroxylation is 1. The second-order valence-electron chi connectivity index (χ2n) is 3.08. The van der Waals surface area contributed by atoms with Gasteiger partial charge in [0.2, 0.25) is 0 Å². The lowest BCUT2D eigenvalue weighted by Gasteiger charge is -2.11. The topological polar surface area (TPSA) is 20.2 Å². The second kappa shape index (κ2) is 3.23. The van der Waals surface area contributed by atoms with Crippen molar-refractivity contribution in [3.63, 3.8) is 0 Å². The van der Waals surface area contributed by atoms with Crippen LogP contribution in [0.5, 0.6) is 0 Å². The number of rotatable bonds is 1. The number of halogens is 1. The summed E-state index contributed by atoms with van der Waals surface area (Å²) in [5.74, 6) is -0.326. The highest BCUT2D eigenvalue weighted by atomic mass is 19.1. The molecule has 0 fully saturated rings. The minimum atomic E-state index is -0.732. The summed E-state index contributed by atoms with van der Waals surface area (Å²) in [6.07, 6.45) is -0.732. The molecule has 0 aromatic heterocycles. The lowest BCUT2D eigenvalue weighted by atomic mass is 9.99. The van der Waals surface area contributed by atoms with Crippen molar-refractivity contribution < 1.29 is 9.50 Å².